The Morgan fingerprint density at radius 3 is 2.42 bits per heavy atom. The molecule has 3 fully saturated rings. The molecule has 2 aliphatic heterocycles. The molecule has 3 heterocycles. The van der Waals surface area contributed by atoms with Crippen molar-refractivity contribution >= 4 is 39.9 Å². The summed E-state index contributed by atoms with van der Waals surface area (Å²) < 4.78 is 39.1. The molecule has 1 saturated heterocycles. The van der Waals surface area contributed by atoms with Crippen LogP contribution < -0.4 is 20.1 Å². The molecule has 2 aliphatic carbocycles. The lowest BCUT2D eigenvalue weighted by atomic mass is 10.00. The third kappa shape index (κ3) is 8.92. The van der Waals surface area contributed by atoms with Gasteiger partial charge in [-0.05, 0) is 94.2 Å². The highest BCUT2D eigenvalue weighted by molar-refractivity contribution is 7.91. The zero-order chi connectivity index (χ0) is 42.3. The number of aromatic nitrogens is 3. The van der Waals surface area contributed by atoms with Gasteiger partial charge in [-0.1, -0.05) is 50.3 Å². The maximum atomic E-state index is 14.7. The summed E-state index contributed by atoms with van der Waals surface area (Å²) in [5.41, 5.74) is 1.31. The van der Waals surface area contributed by atoms with Crippen molar-refractivity contribution in [1.82, 2.24) is 35.2 Å². The van der Waals surface area contributed by atoms with Gasteiger partial charge in [-0.15, -0.1) is 6.58 Å². The Morgan fingerprint density at radius 1 is 1.07 bits per heavy atom. The average Bonchev–Trinajstić information content (AvgIpc) is 4.09. The van der Waals surface area contributed by atoms with Gasteiger partial charge in [0, 0.05) is 30.0 Å². The van der Waals surface area contributed by atoms with E-state index in [2.05, 4.69) is 28.0 Å². The highest BCUT2D eigenvalue weighted by Crippen LogP contribution is 2.46. The van der Waals surface area contributed by atoms with Crippen LogP contribution >= 0.6 is 0 Å². The minimum absolute atomic E-state index is 0.0124. The quantitative estimate of drug-likeness (QED) is 0.243. The normalized spacial score (nSPS) is 26.2. The van der Waals surface area contributed by atoms with Gasteiger partial charge in [0.15, 0.2) is 0 Å². The SMILES string of the molecule is C=C[C@@H]1C[C@]1(NC(=O)[C@@H]1C[C@@H]2CN1C(=O)[C@H](C(C)C)NC(=O)OC(C)(C)CCC/C=C\c1cccc(c1)-c1nn2nc1-c1ccc(OC)cc1)C(=O)NS(=O)(=O)C1CC1. The number of ether oxygens (including phenoxy) is 2. The van der Waals surface area contributed by atoms with Crippen molar-refractivity contribution in [2.24, 2.45) is 11.8 Å². The molecule has 16 heteroatoms. The van der Waals surface area contributed by atoms with E-state index >= 15 is 0 Å². The molecule has 2 aromatic carbocycles. The second-order valence-electron chi connectivity index (χ2n) is 17.0. The van der Waals surface area contributed by atoms with Crippen LogP contribution in [-0.2, 0) is 29.1 Å². The maximum Gasteiger partial charge on any atom is 0.408 e. The molecule has 59 heavy (non-hydrogen) atoms. The fourth-order valence-corrected chi connectivity index (χ4v) is 9.28. The Kier molecular flexibility index (Phi) is 11.5. The summed E-state index contributed by atoms with van der Waals surface area (Å²) in [7, 11) is -2.33. The molecular formula is C43H53N7O8S. The van der Waals surface area contributed by atoms with E-state index in [9.17, 15) is 27.6 Å². The van der Waals surface area contributed by atoms with Gasteiger partial charge >= 0.3 is 6.09 Å². The van der Waals surface area contributed by atoms with E-state index in [0.717, 1.165) is 29.5 Å². The highest BCUT2D eigenvalue weighted by atomic mass is 32.2. The van der Waals surface area contributed by atoms with Crippen molar-refractivity contribution in [1.29, 1.82) is 0 Å². The summed E-state index contributed by atoms with van der Waals surface area (Å²) >= 11 is 0. The molecule has 3 N–H and O–H groups in total. The number of amides is 4. The number of hydrogen-bond donors (Lipinski definition) is 3. The number of allylic oxidation sites excluding steroid dienone is 1. The number of nitrogens with one attached hydrogen (secondary N) is 3. The molecule has 0 unspecified atom stereocenters. The maximum absolute atomic E-state index is 14.7. The number of carbonyl (C=O) groups excluding carboxylic acids is 4. The Balaban J connectivity index is 1.29. The number of carbonyl (C=O) groups is 4. The lowest BCUT2D eigenvalue weighted by molar-refractivity contribution is -0.141. The van der Waals surface area contributed by atoms with Crippen LogP contribution in [-0.4, -0.2) is 94.3 Å². The Bertz CT molecular complexity index is 2270. The number of hydrogen-bond acceptors (Lipinski definition) is 10. The molecule has 0 spiro atoms. The van der Waals surface area contributed by atoms with Crippen LogP contribution in [0.25, 0.3) is 28.6 Å². The fraction of sp³-hybridized carbons (Fsp3) is 0.488. The number of alkyl carbamates (subject to hydrolysis) is 1. The molecule has 5 atom stereocenters. The van der Waals surface area contributed by atoms with E-state index in [0.29, 0.717) is 36.4 Å². The highest BCUT2D eigenvalue weighted by Gasteiger charge is 2.62. The first-order valence-electron chi connectivity index (χ1n) is 20.2. The zero-order valence-electron chi connectivity index (χ0n) is 34.1. The third-order valence-electron chi connectivity index (χ3n) is 11.6. The lowest BCUT2D eigenvalue weighted by Gasteiger charge is -2.32. The number of rotatable bonds is 9. The summed E-state index contributed by atoms with van der Waals surface area (Å²) in [5.74, 6) is -2.30. The first kappa shape index (κ1) is 41.6. The molecule has 4 aliphatic rings. The Hall–Kier alpha value is -5.51. The smallest absolute Gasteiger partial charge is 0.408 e. The Morgan fingerprint density at radius 2 is 1.78 bits per heavy atom. The second-order valence-corrected chi connectivity index (χ2v) is 18.9. The first-order valence-corrected chi connectivity index (χ1v) is 21.8. The van der Waals surface area contributed by atoms with Crippen molar-refractivity contribution in [3.8, 4) is 28.3 Å². The molecule has 4 amide bonds. The molecule has 0 radical (unpaired) electrons. The number of methoxy groups -OCH3 is 1. The van der Waals surface area contributed by atoms with Gasteiger partial charge < -0.3 is 25.0 Å². The predicted molar refractivity (Wildman–Crippen MR) is 221 cm³/mol. The number of sulfonamides is 1. The standard InChI is InChI=1S/C43H53N7O8S/c1-7-30-24-43(30,40(53)48-59(55,56)33-19-20-33)45-38(51)34-23-31-25-49(34)39(52)35(26(2)3)44-41(54)58-42(4,5)21-10-8-9-12-27-13-11-14-29(22-27)37-36(46-50(31)47-37)28-15-17-32(57-6)18-16-28/h7,9,11-18,22,26,30-31,33-35H,1,8,10,19-21,23-25H2,2-6H3,(H,44,54)(H,45,51)(H,48,53)/b12-9-/t30-,31-,34+,35+,43-/m1/s1. The fourth-order valence-electron chi connectivity index (χ4n) is 7.92. The molecular weight excluding hydrogens is 775 g/mol. The van der Waals surface area contributed by atoms with E-state index in [1.165, 1.54) is 15.8 Å². The van der Waals surface area contributed by atoms with Crippen LogP contribution in [0.15, 0.2) is 67.3 Å². The van der Waals surface area contributed by atoms with E-state index in [1.807, 2.05) is 68.5 Å². The van der Waals surface area contributed by atoms with Gasteiger partial charge in [-0.25, -0.2) is 13.2 Å². The monoisotopic (exact) mass is 827 g/mol. The van der Waals surface area contributed by atoms with Gasteiger partial charge in [-0.2, -0.15) is 15.0 Å². The van der Waals surface area contributed by atoms with E-state index in [4.69, 9.17) is 19.7 Å². The molecule has 7 rings (SSSR count). The topological polar surface area (TPSA) is 191 Å². The summed E-state index contributed by atoms with van der Waals surface area (Å²) in [5, 5.41) is 15.0. The van der Waals surface area contributed by atoms with Crippen LogP contribution in [0.2, 0.25) is 0 Å². The van der Waals surface area contributed by atoms with Crippen LogP contribution in [0.5, 0.6) is 5.75 Å². The van der Waals surface area contributed by atoms with Gasteiger partial charge in [0.2, 0.25) is 21.8 Å². The van der Waals surface area contributed by atoms with Crippen molar-refractivity contribution in [3.05, 3.63) is 72.8 Å². The minimum atomic E-state index is -3.92. The van der Waals surface area contributed by atoms with Crippen LogP contribution in [0, 0.1) is 11.8 Å². The number of cyclic esters (lactones) is 1. The first-order chi connectivity index (χ1) is 28.0. The van der Waals surface area contributed by atoms with Gasteiger partial charge in [0.25, 0.3) is 5.91 Å². The molecule has 15 nitrogen and oxygen atoms in total. The minimum Gasteiger partial charge on any atom is -0.497 e. The number of fused-ring (bicyclic) bond motifs is 8. The third-order valence-corrected chi connectivity index (χ3v) is 13.4. The van der Waals surface area contributed by atoms with Crippen molar-refractivity contribution < 1.29 is 37.1 Å². The van der Waals surface area contributed by atoms with E-state index in [-0.39, 0.29) is 19.4 Å². The summed E-state index contributed by atoms with van der Waals surface area (Å²) in [4.78, 5) is 59.3. The van der Waals surface area contributed by atoms with Crippen LogP contribution in [0.4, 0.5) is 4.79 Å². The number of benzene rings is 2. The molecule has 314 valence electrons. The summed E-state index contributed by atoms with van der Waals surface area (Å²) in [6, 6.07) is 12.5. The van der Waals surface area contributed by atoms with Crippen LogP contribution in [0.3, 0.4) is 0 Å². The second kappa shape index (κ2) is 16.3. The lowest BCUT2D eigenvalue weighted by Crippen LogP contribution is -2.59. The van der Waals surface area contributed by atoms with Crippen molar-refractivity contribution in [2.75, 3.05) is 13.7 Å². The van der Waals surface area contributed by atoms with E-state index < -0.39 is 80.2 Å². The number of nitrogens with zero attached hydrogens (tertiary/aromatic N) is 4. The van der Waals surface area contributed by atoms with Crippen LogP contribution in [0.1, 0.15) is 84.2 Å². The van der Waals surface area contributed by atoms with Crippen molar-refractivity contribution in [3.63, 3.8) is 0 Å². The van der Waals surface area contributed by atoms with Gasteiger partial charge in [0.05, 0.1) is 18.4 Å². The zero-order valence-corrected chi connectivity index (χ0v) is 35.0. The van der Waals surface area contributed by atoms with E-state index in [1.54, 1.807) is 21.0 Å². The largest absolute Gasteiger partial charge is 0.497 e. The summed E-state index contributed by atoms with van der Waals surface area (Å²) in [6.07, 6.45) is 8.02. The Labute approximate surface area is 345 Å². The predicted octanol–water partition coefficient (Wildman–Crippen LogP) is 5.16. The molecule has 1 aromatic heterocycles. The molecule has 3 aromatic rings. The molecule has 2 saturated carbocycles. The summed E-state index contributed by atoms with van der Waals surface area (Å²) in [6.45, 7) is 11.0. The van der Waals surface area contributed by atoms with Gasteiger partial charge in [-0.3, -0.25) is 19.1 Å². The van der Waals surface area contributed by atoms with Gasteiger partial charge in [0.1, 0.15) is 40.4 Å². The molecule has 6 bridgehead atoms. The van der Waals surface area contributed by atoms with Crippen molar-refractivity contribution in [2.45, 2.75) is 107 Å². The average molecular weight is 828 g/mol.